The molecule has 2 rings (SSSR count). The number of hydrogen-bond acceptors (Lipinski definition) is 6. The van der Waals surface area contributed by atoms with Crippen molar-refractivity contribution < 1.29 is 14.7 Å². The van der Waals surface area contributed by atoms with Gasteiger partial charge in [0.1, 0.15) is 12.4 Å². The van der Waals surface area contributed by atoms with Gasteiger partial charge in [-0.2, -0.15) is 9.44 Å². The Morgan fingerprint density at radius 3 is 2.87 bits per heavy atom. The zero-order valence-electron chi connectivity index (χ0n) is 8.19. The summed E-state index contributed by atoms with van der Waals surface area (Å²) < 4.78 is 3.78. The molecule has 0 aliphatic carbocycles. The minimum Gasteiger partial charge on any atom is -0.371 e. The van der Waals surface area contributed by atoms with E-state index in [0.717, 1.165) is 21.5 Å². The summed E-state index contributed by atoms with van der Waals surface area (Å²) in [4.78, 5) is 21.7. The summed E-state index contributed by atoms with van der Waals surface area (Å²) in [6.45, 7) is 1.69. The van der Waals surface area contributed by atoms with Crippen molar-refractivity contribution in [2.75, 3.05) is 12.0 Å². The highest BCUT2D eigenvalue weighted by molar-refractivity contribution is 7.09. The molecule has 2 amide bonds. The van der Waals surface area contributed by atoms with E-state index in [9.17, 15) is 9.90 Å². The van der Waals surface area contributed by atoms with E-state index in [-0.39, 0.29) is 0 Å². The number of aliphatic hydroxyl groups is 1. The first-order valence-electron chi connectivity index (χ1n) is 4.28. The molecular weight excluding hydrogens is 220 g/mol. The Morgan fingerprint density at radius 1 is 1.67 bits per heavy atom. The van der Waals surface area contributed by atoms with E-state index >= 15 is 0 Å². The molecule has 0 aromatic carbocycles. The molecule has 2 heterocycles. The zero-order valence-corrected chi connectivity index (χ0v) is 9.01. The predicted octanol–water partition coefficient (Wildman–Crippen LogP) is 0.0484. The summed E-state index contributed by atoms with van der Waals surface area (Å²) in [6, 6.07) is -0.874. The van der Waals surface area contributed by atoms with E-state index in [1.807, 2.05) is 0 Å². The Morgan fingerprint density at radius 2 is 2.40 bits per heavy atom. The van der Waals surface area contributed by atoms with Gasteiger partial charge in [0.15, 0.2) is 6.23 Å². The van der Waals surface area contributed by atoms with Gasteiger partial charge < -0.3 is 5.11 Å². The van der Waals surface area contributed by atoms with Crippen LogP contribution < -0.4 is 4.90 Å². The topological polar surface area (TPSA) is 78.8 Å². The maximum atomic E-state index is 11.8. The number of nitrogens with zero attached hydrogens (tertiary/aromatic N) is 4. The Labute approximate surface area is 90.0 Å². The summed E-state index contributed by atoms with van der Waals surface area (Å²) in [6.07, 6.45) is 0.366. The van der Waals surface area contributed by atoms with Crippen molar-refractivity contribution in [1.82, 2.24) is 14.4 Å². The lowest BCUT2D eigenvalue weighted by Crippen LogP contribution is -2.35. The summed E-state index contributed by atoms with van der Waals surface area (Å²) >= 11 is 1.04. The van der Waals surface area contributed by atoms with Gasteiger partial charge in [0, 0.05) is 11.5 Å². The van der Waals surface area contributed by atoms with Gasteiger partial charge in [0.05, 0.1) is 7.11 Å². The van der Waals surface area contributed by atoms with Crippen LogP contribution in [0.1, 0.15) is 6.92 Å². The second-order valence-electron chi connectivity index (χ2n) is 3.04. The summed E-state index contributed by atoms with van der Waals surface area (Å²) in [7, 11) is 1.38. The fraction of sp³-hybridized carbons (Fsp3) is 0.571. The molecule has 1 N–H and O–H groups in total. The van der Waals surface area contributed by atoms with Gasteiger partial charge in [-0.05, 0) is 6.92 Å². The van der Waals surface area contributed by atoms with E-state index in [1.54, 1.807) is 6.92 Å². The molecule has 2 unspecified atom stereocenters. The molecule has 1 saturated heterocycles. The van der Waals surface area contributed by atoms with E-state index in [2.05, 4.69) is 9.36 Å². The van der Waals surface area contributed by atoms with Crippen LogP contribution in [0, 0.1) is 0 Å². The summed E-state index contributed by atoms with van der Waals surface area (Å²) in [5, 5.41) is 11.3. The van der Waals surface area contributed by atoms with Gasteiger partial charge in [-0.3, -0.25) is 4.84 Å². The average Bonchev–Trinajstić information content (AvgIpc) is 2.77. The number of carbonyl (C=O) groups excluding carboxylic acids is 1. The van der Waals surface area contributed by atoms with Crippen LogP contribution in [0.15, 0.2) is 6.33 Å². The predicted molar refractivity (Wildman–Crippen MR) is 52.1 cm³/mol. The molecule has 0 spiro atoms. The number of hydroxylamine groups is 2. The molecule has 0 bridgehead atoms. The van der Waals surface area contributed by atoms with Crippen LogP contribution in [0.2, 0.25) is 0 Å². The lowest BCUT2D eigenvalue weighted by atomic mass is 10.3. The standard InChI is InChI=1S/C7H10N4O3S/c1-4-5(12)10(6-8-3-9-15-6)7(13)11(4)14-2/h3-5,12H,1-2H3. The van der Waals surface area contributed by atoms with Crippen molar-refractivity contribution in [3.8, 4) is 0 Å². The van der Waals surface area contributed by atoms with Crippen LogP contribution in [0.5, 0.6) is 0 Å². The molecule has 7 nitrogen and oxygen atoms in total. The van der Waals surface area contributed by atoms with Crippen molar-refractivity contribution in [1.29, 1.82) is 0 Å². The van der Waals surface area contributed by atoms with Crippen LogP contribution in [0.25, 0.3) is 0 Å². The smallest absolute Gasteiger partial charge is 0.352 e. The van der Waals surface area contributed by atoms with Gasteiger partial charge in [-0.1, -0.05) is 0 Å². The molecule has 1 aliphatic rings. The SMILES string of the molecule is CON1C(=O)N(c2ncns2)C(O)C1C. The van der Waals surface area contributed by atoms with E-state index in [1.165, 1.54) is 13.4 Å². The fourth-order valence-corrected chi connectivity index (χ4v) is 2.00. The van der Waals surface area contributed by atoms with Crippen molar-refractivity contribution in [2.45, 2.75) is 19.2 Å². The highest BCUT2D eigenvalue weighted by atomic mass is 32.1. The van der Waals surface area contributed by atoms with Gasteiger partial charge in [-0.15, -0.1) is 0 Å². The van der Waals surface area contributed by atoms with Crippen molar-refractivity contribution in [2.24, 2.45) is 0 Å². The normalized spacial score (nSPS) is 26.5. The highest BCUT2D eigenvalue weighted by Gasteiger charge is 2.45. The molecule has 1 aliphatic heterocycles. The first-order valence-corrected chi connectivity index (χ1v) is 5.05. The number of anilines is 1. The first kappa shape index (κ1) is 10.3. The minimum atomic E-state index is -0.967. The maximum Gasteiger partial charge on any atom is 0.352 e. The first-order chi connectivity index (χ1) is 7.16. The number of urea groups is 1. The lowest BCUT2D eigenvalue weighted by Gasteiger charge is -2.16. The van der Waals surface area contributed by atoms with Crippen LogP contribution in [-0.2, 0) is 4.84 Å². The molecule has 1 aromatic rings. The largest absolute Gasteiger partial charge is 0.371 e. The second kappa shape index (κ2) is 3.72. The monoisotopic (exact) mass is 230 g/mol. The van der Waals surface area contributed by atoms with Crippen molar-refractivity contribution in [3.05, 3.63) is 6.33 Å². The van der Waals surface area contributed by atoms with E-state index in [0.29, 0.717) is 5.13 Å². The molecule has 2 atom stereocenters. The number of rotatable bonds is 2. The molecule has 0 radical (unpaired) electrons. The quantitative estimate of drug-likeness (QED) is 0.776. The maximum absolute atomic E-state index is 11.8. The summed E-state index contributed by atoms with van der Waals surface area (Å²) in [5.41, 5.74) is 0. The van der Waals surface area contributed by atoms with Gasteiger partial charge in [0.2, 0.25) is 5.13 Å². The third kappa shape index (κ3) is 1.46. The third-order valence-corrected chi connectivity index (χ3v) is 2.88. The summed E-state index contributed by atoms with van der Waals surface area (Å²) in [5.74, 6) is 0. The lowest BCUT2D eigenvalue weighted by molar-refractivity contribution is -0.111. The van der Waals surface area contributed by atoms with Gasteiger partial charge in [-0.25, -0.2) is 14.7 Å². The van der Waals surface area contributed by atoms with Gasteiger partial charge >= 0.3 is 6.03 Å². The zero-order chi connectivity index (χ0) is 11.0. The van der Waals surface area contributed by atoms with Crippen molar-refractivity contribution >= 4 is 22.7 Å². The molecule has 15 heavy (non-hydrogen) atoms. The van der Waals surface area contributed by atoms with Crippen LogP contribution in [0.3, 0.4) is 0 Å². The van der Waals surface area contributed by atoms with E-state index in [4.69, 9.17) is 4.84 Å². The molecular formula is C7H10N4O3S. The Kier molecular flexibility index (Phi) is 2.55. The Bertz CT molecular complexity index is 357. The third-order valence-electron chi connectivity index (χ3n) is 2.21. The van der Waals surface area contributed by atoms with Crippen LogP contribution in [-0.4, -0.2) is 44.9 Å². The number of carbonyl (C=O) groups is 1. The fourth-order valence-electron chi connectivity index (χ4n) is 1.44. The van der Waals surface area contributed by atoms with Gasteiger partial charge in [0.25, 0.3) is 0 Å². The number of aromatic nitrogens is 2. The molecule has 8 heteroatoms. The molecule has 1 aromatic heterocycles. The number of hydrogen-bond donors (Lipinski definition) is 1. The van der Waals surface area contributed by atoms with Crippen LogP contribution in [0.4, 0.5) is 9.93 Å². The second-order valence-corrected chi connectivity index (χ2v) is 3.80. The molecule has 1 fully saturated rings. The Balaban J connectivity index is 2.31. The number of amides is 2. The van der Waals surface area contributed by atoms with E-state index < -0.39 is 18.3 Å². The minimum absolute atomic E-state index is 0.360. The average molecular weight is 230 g/mol. The van der Waals surface area contributed by atoms with Crippen molar-refractivity contribution in [3.63, 3.8) is 0 Å². The molecule has 82 valence electrons. The molecule has 0 saturated carbocycles. The van der Waals surface area contributed by atoms with Crippen LogP contribution >= 0.6 is 11.5 Å². The number of aliphatic hydroxyl groups excluding tert-OH is 1. The highest BCUT2D eigenvalue weighted by Crippen LogP contribution is 2.28. The Hall–Kier alpha value is -1.25.